The summed E-state index contributed by atoms with van der Waals surface area (Å²) < 4.78 is 6.57. The van der Waals surface area contributed by atoms with E-state index in [9.17, 15) is 9.59 Å². The van der Waals surface area contributed by atoms with Gasteiger partial charge in [-0.3, -0.25) is 9.59 Å². The number of hydrogen-bond acceptors (Lipinski definition) is 5. The van der Waals surface area contributed by atoms with Crippen molar-refractivity contribution in [1.29, 1.82) is 0 Å². The first-order chi connectivity index (χ1) is 14.1. The lowest BCUT2D eigenvalue weighted by Gasteiger charge is -2.22. The fourth-order valence-electron chi connectivity index (χ4n) is 3.83. The van der Waals surface area contributed by atoms with Gasteiger partial charge in [0.1, 0.15) is 11.6 Å². The van der Waals surface area contributed by atoms with Crippen molar-refractivity contribution in [2.45, 2.75) is 44.9 Å². The molecule has 0 saturated heterocycles. The van der Waals surface area contributed by atoms with Crippen molar-refractivity contribution in [3.63, 3.8) is 0 Å². The Bertz CT molecular complexity index is 1130. The zero-order valence-electron chi connectivity index (χ0n) is 16.4. The third-order valence-electron chi connectivity index (χ3n) is 5.19. The Labute approximate surface area is 168 Å². The monoisotopic (exact) mass is 389 g/mol. The molecule has 0 amide bonds. The summed E-state index contributed by atoms with van der Waals surface area (Å²) in [5.41, 5.74) is 1.28. The van der Waals surface area contributed by atoms with Gasteiger partial charge in [0.2, 0.25) is 0 Å². The highest BCUT2D eigenvalue weighted by Gasteiger charge is 2.22. The number of para-hydroxylation sites is 1. The molecule has 2 aromatic carbocycles. The molecular formula is C23H23N3O3. The first kappa shape index (κ1) is 19.1. The van der Waals surface area contributed by atoms with E-state index < -0.39 is 0 Å². The Kier molecular flexibility index (Phi) is 5.51. The lowest BCUT2D eigenvalue weighted by atomic mass is 9.88. The Morgan fingerprint density at radius 2 is 1.93 bits per heavy atom. The van der Waals surface area contributed by atoms with Crippen molar-refractivity contribution in [2.24, 2.45) is 5.10 Å². The normalized spacial score (nSPS) is 15.1. The molecule has 0 atom stereocenters. The van der Waals surface area contributed by atoms with Crippen molar-refractivity contribution in [2.75, 3.05) is 0 Å². The third-order valence-corrected chi connectivity index (χ3v) is 5.19. The van der Waals surface area contributed by atoms with E-state index in [0.29, 0.717) is 16.7 Å². The Morgan fingerprint density at radius 1 is 1.14 bits per heavy atom. The average Bonchev–Trinajstić information content (AvgIpc) is 2.73. The molecule has 1 heterocycles. The molecule has 0 spiro atoms. The van der Waals surface area contributed by atoms with Crippen LogP contribution in [-0.4, -0.2) is 21.8 Å². The van der Waals surface area contributed by atoms with E-state index in [2.05, 4.69) is 5.10 Å². The summed E-state index contributed by atoms with van der Waals surface area (Å²) in [4.78, 5) is 29.2. The third kappa shape index (κ3) is 4.26. The molecule has 3 aromatic rings. The first-order valence-corrected chi connectivity index (χ1v) is 9.96. The highest BCUT2D eigenvalue weighted by Crippen LogP contribution is 2.31. The van der Waals surface area contributed by atoms with Gasteiger partial charge in [0.05, 0.1) is 17.1 Å². The smallest absolute Gasteiger partial charge is 0.308 e. The highest BCUT2D eigenvalue weighted by molar-refractivity contribution is 5.81. The van der Waals surface area contributed by atoms with E-state index in [-0.39, 0.29) is 17.4 Å². The summed E-state index contributed by atoms with van der Waals surface area (Å²) in [5, 5.41) is 5.05. The lowest BCUT2D eigenvalue weighted by molar-refractivity contribution is -0.131. The number of esters is 1. The van der Waals surface area contributed by atoms with E-state index in [0.717, 1.165) is 37.1 Å². The minimum Gasteiger partial charge on any atom is -0.427 e. The molecule has 29 heavy (non-hydrogen) atoms. The second kappa shape index (κ2) is 8.39. The van der Waals surface area contributed by atoms with Crippen LogP contribution in [0.25, 0.3) is 10.9 Å². The van der Waals surface area contributed by atoms with Crippen molar-refractivity contribution in [3.8, 4) is 5.75 Å². The maximum atomic E-state index is 13.2. The van der Waals surface area contributed by atoms with E-state index in [1.807, 2.05) is 24.3 Å². The fraction of sp³-hybridized carbons (Fsp3) is 0.304. The molecule has 1 aliphatic carbocycles. The van der Waals surface area contributed by atoms with Gasteiger partial charge in [0, 0.05) is 12.8 Å². The van der Waals surface area contributed by atoms with Gasteiger partial charge >= 0.3 is 5.97 Å². The van der Waals surface area contributed by atoms with Crippen LogP contribution < -0.4 is 10.3 Å². The van der Waals surface area contributed by atoms with Crippen LogP contribution in [0.2, 0.25) is 0 Å². The molecule has 0 aliphatic heterocycles. The van der Waals surface area contributed by atoms with Crippen molar-refractivity contribution in [1.82, 2.24) is 9.66 Å². The van der Waals surface area contributed by atoms with Crippen LogP contribution in [0.1, 0.15) is 56.3 Å². The van der Waals surface area contributed by atoms with E-state index in [1.54, 1.807) is 30.5 Å². The molecule has 1 aliphatic rings. The Hall–Kier alpha value is -3.28. The molecular weight excluding hydrogens is 366 g/mol. The molecule has 4 rings (SSSR count). The summed E-state index contributed by atoms with van der Waals surface area (Å²) in [6.07, 6.45) is 7.14. The summed E-state index contributed by atoms with van der Waals surface area (Å²) in [5.74, 6) is 1.01. The van der Waals surface area contributed by atoms with Gasteiger partial charge in [0.25, 0.3) is 5.56 Å². The number of aromatic nitrogens is 2. The van der Waals surface area contributed by atoms with E-state index >= 15 is 0 Å². The summed E-state index contributed by atoms with van der Waals surface area (Å²) in [6.45, 7) is 1.36. The van der Waals surface area contributed by atoms with Gasteiger partial charge < -0.3 is 4.74 Å². The van der Waals surface area contributed by atoms with Gasteiger partial charge in [-0.2, -0.15) is 9.78 Å². The Balaban J connectivity index is 1.77. The fourth-order valence-corrected chi connectivity index (χ4v) is 3.83. The largest absolute Gasteiger partial charge is 0.427 e. The van der Waals surface area contributed by atoms with Crippen LogP contribution in [0.5, 0.6) is 5.75 Å². The molecule has 0 N–H and O–H groups in total. The summed E-state index contributed by atoms with van der Waals surface area (Å²) >= 11 is 0. The quantitative estimate of drug-likeness (QED) is 0.380. The van der Waals surface area contributed by atoms with Gasteiger partial charge in [-0.25, -0.2) is 4.98 Å². The average molecular weight is 389 g/mol. The molecule has 6 nitrogen and oxygen atoms in total. The molecule has 1 fully saturated rings. The SMILES string of the molecule is CC(=O)Oc1cccc(C=Nn2c(C3CCCCC3)nc3ccccc3c2=O)c1. The van der Waals surface area contributed by atoms with Crippen LogP contribution in [0.15, 0.2) is 58.4 Å². The molecule has 148 valence electrons. The van der Waals surface area contributed by atoms with Crippen LogP contribution in [0, 0.1) is 0 Å². The van der Waals surface area contributed by atoms with Crippen LogP contribution in [-0.2, 0) is 4.79 Å². The highest BCUT2D eigenvalue weighted by atomic mass is 16.5. The number of nitrogens with zero attached hydrogens (tertiary/aromatic N) is 3. The predicted octanol–water partition coefficient (Wildman–Crippen LogP) is 4.25. The number of benzene rings is 2. The molecule has 0 bridgehead atoms. The van der Waals surface area contributed by atoms with E-state index in [4.69, 9.17) is 9.72 Å². The van der Waals surface area contributed by atoms with Crippen LogP contribution in [0.4, 0.5) is 0 Å². The van der Waals surface area contributed by atoms with Crippen LogP contribution >= 0.6 is 0 Å². The number of rotatable bonds is 4. The second-order valence-electron chi connectivity index (χ2n) is 7.35. The van der Waals surface area contributed by atoms with Gasteiger partial charge in [-0.15, -0.1) is 0 Å². The predicted molar refractivity (Wildman–Crippen MR) is 113 cm³/mol. The lowest BCUT2D eigenvalue weighted by Crippen LogP contribution is -2.25. The summed E-state index contributed by atoms with van der Waals surface area (Å²) in [7, 11) is 0. The van der Waals surface area contributed by atoms with Crippen molar-refractivity contribution >= 4 is 23.1 Å². The van der Waals surface area contributed by atoms with Gasteiger partial charge in [0.15, 0.2) is 0 Å². The minimum absolute atomic E-state index is 0.163. The minimum atomic E-state index is -0.381. The standard InChI is InChI=1S/C23H23N3O3/c1-16(27)29-19-11-7-8-17(14-19)15-24-26-22(18-9-3-2-4-10-18)25-21-13-6-5-12-20(21)23(26)28/h5-8,11-15,18H,2-4,9-10H2,1H3. The zero-order valence-corrected chi connectivity index (χ0v) is 16.4. The summed E-state index contributed by atoms with van der Waals surface area (Å²) in [6, 6.07) is 14.4. The second-order valence-corrected chi connectivity index (χ2v) is 7.35. The molecule has 1 saturated carbocycles. The number of carbonyl (C=O) groups excluding carboxylic acids is 1. The molecule has 0 radical (unpaired) electrons. The Morgan fingerprint density at radius 3 is 2.72 bits per heavy atom. The van der Waals surface area contributed by atoms with Crippen molar-refractivity contribution < 1.29 is 9.53 Å². The number of hydrogen-bond donors (Lipinski definition) is 0. The molecule has 0 unspecified atom stereocenters. The first-order valence-electron chi connectivity index (χ1n) is 9.96. The van der Waals surface area contributed by atoms with E-state index in [1.165, 1.54) is 18.0 Å². The molecule has 6 heteroatoms. The number of ether oxygens (including phenoxy) is 1. The maximum absolute atomic E-state index is 13.2. The van der Waals surface area contributed by atoms with Gasteiger partial charge in [-0.1, -0.05) is 43.5 Å². The number of carbonyl (C=O) groups is 1. The number of fused-ring (bicyclic) bond motifs is 1. The van der Waals surface area contributed by atoms with Gasteiger partial charge in [-0.05, 0) is 42.7 Å². The zero-order chi connectivity index (χ0) is 20.2. The van der Waals surface area contributed by atoms with Crippen molar-refractivity contribution in [3.05, 3.63) is 70.3 Å². The topological polar surface area (TPSA) is 73.5 Å². The van der Waals surface area contributed by atoms with Crippen LogP contribution in [0.3, 0.4) is 0 Å². The molecule has 1 aromatic heterocycles. The maximum Gasteiger partial charge on any atom is 0.308 e.